The summed E-state index contributed by atoms with van der Waals surface area (Å²) in [5.74, 6) is 0.624. The van der Waals surface area contributed by atoms with Gasteiger partial charge in [-0.2, -0.15) is 0 Å². The Morgan fingerprint density at radius 1 is 0.963 bits per heavy atom. The maximum Gasteiger partial charge on any atom is 0.126 e. The van der Waals surface area contributed by atoms with Crippen molar-refractivity contribution in [3.8, 4) is 0 Å². The van der Waals surface area contributed by atoms with E-state index in [1.165, 1.54) is 0 Å². The zero-order valence-electron chi connectivity index (χ0n) is 15.6. The summed E-state index contributed by atoms with van der Waals surface area (Å²) in [5.41, 5.74) is -0.0509. The maximum atomic E-state index is 12.1. The normalized spacial score (nSPS) is 21.1. The number of allylic oxidation sites excluding steroid dienone is 2. The van der Waals surface area contributed by atoms with Crippen LogP contribution in [0.4, 0.5) is 0 Å². The molecule has 0 saturated carbocycles. The lowest BCUT2D eigenvalue weighted by atomic mass is 9.70. The first-order valence-corrected chi connectivity index (χ1v) is 10.1. The van der Waals surface area contributed by atoms with Crippen LogP contribution in [-0.4, -0.2) is 23.2 Å². The minimum atomic E-state index is -1.18. The molecular formula is C24H27ClO2. The monoisotopic (exact) mass is 382 g/mol. The minimum absolute atomic E-state index is 0.478. The van der Waals surface area contributed by atoms with Crippen LogP contribution < -0.4 is 0 Å². The van der Waals surface area contributed by atoms with E-state index in [0.717, 1.165) is 24.0 Å². The van der Waals surface area contributed by atoms with Crippen molar-refractivity contribution >= 4 is 11.6 Å². The Morgan fingerprint density at radius 3 is 2.30 bits per heavy atom. The molecule has 0 bridgehead atoms. The Balaban J connectivity index is 2.00. The summed E-state index contributed by atoms with van der Waals surface area (Å²) in [6.45, 7) is 0.564. The molecule has 0 saturated heterocycles. The van der Waals surface area contributed by atoms with Gasteiger partial charge in [0.15, 0.2) is 0 Å². The second-order valence-corrected chi connectivity index (χ2v) is 7.39. The van der Waals surface area contributed by atoms with Crippen molar-refractivity contribution in [2.45, 2.75) is 36.9 Å². The van der Waals surface area contributed by atoms with Crippen molar-refractivity contribution in [3.05, 3.63) is 96.1 Å². The van der Waals surface area contributed by atoms with Gasteiger partial charge in [-0.15, -0.1) is 11.6 Å². The Hall–Kier alpha value is -1.87. The Morgan fingerprint density at radius 2 is 1.67 bits per heavy atom. The third kappa shape index (κ3) is 4.52. The van der Waals surface area contributed by atoms with Gasteiger partial charge in [0.05, 0.1) is 0 Å². The van der Waals surface area contributed by atoms with Gasteiger partial charge in [-0.05, 0) is 30.0 Å². The quantitative estimate of drug-likeness (QED) is 0.464. The molecule has 2 aromatic carbocycles. The molecule has 3 rings (SSSR count). The van der Waals surface area contributed by atoms with E-state index in [9.17, 15) is 5.11 Å². The zero-order chi connectivity index (χ0) is 19.0. The zero-order valence-corrected chi connectivity index (χ0v) is 16.3. The molecule has 0 radical (unpaired) electrons. The third-order valence-electron chi connectivity index (χ3n) is 5.18. The fraction of sp³-hybridized carbons (Fsp3) is 0.333. The SMILES string of the molecule is OC(Cc1ccccc1)(c1ccccc1)C1(OCCCCCl)C=CC=CC1. The molecule has 2 atom stereocenters. The summed E-state index contributed by atoms with van der Waals surface area (Å²) in [6.07, 6.45) is 11.0. The van der Waals surface area contributed by atoms with Crippen molar-refractivity contribution in [1.29, 1.82) is 0 Å². The highest BCUT2D eigenvalue weighted by atomic mass is 35.5. The number of hydrogen-bond acceptors (Lipinski definition) is 2. The van der Waals surface area contributed by atoms with E-state index in [1.807, 2.05) is 66.8 Å². The van der Waals surface area contributed by atoms with Crippen LogP contribution in [0.15, 0.2) is 85.0 Å². The van der Waals surface area contributed by atoms with Crippen molar-refractivity contribution in [2.75, 3.05) is 12.5 Å². The maximum absolute atomic E-state index is 12.1. The molecule has 27 heavy (non-hydrogen) atoms. The second kappa shape index (κ2) is 9.36. The number of benzene rings is 2. The molecule has 0 fully saturated rings. The molecule has 2 nitrogen and oxygen atoms in total. The second-order valence-electron chi connectivity index (χ2n) is 7.01. The molecule has 0 spiro atoms. The molecular weight excluding hydrogens is 356 g/mol. The highest BCUT2D eigenvalue weighted by molar-refractivity contribution is 6.17. The van der Waals surface area contributed by atoms with Crippen LogP contribution in [0.3, 0.4) is 0 Å². The first-order chi connectivity index (χ1) is 13.2. The average molecular weight is 383 g/mol. The van der Waals surface area contributed by atoms with Gasteiger partial charge >= 0.3 is 0 Å². The van der Waals surface area contributed by atoms with Crippen LogP contribution in [0.1, 0.15) is 30.4 Å². The molecule has 0 heterocycles. The van der Waals surface area contributed by atoms with Gasteiger partial charge in [0.2, 0.25) is 0 Å². The van der Waals surface area contributed by atoms with E-state index in [1.54, 1.807) is 0 Å². The largest absolute Gasteiger partial charge is 0.381 e. The molecule has 142 valence electrons. The summed E-state index contributed by atoms with van der Waals surface area (Å²) in [7, 11) is 0. The van der Waals surface area contributed by atoms with Crippen molar-refractivity contribution in [2.24, 2.45) is 0 Å². The fourth-order valence-corrected chi connectivity index (χ4v) is 3.87. The molecule has 1 aliphatic rings. The van der Waals surface area contributed by atoms with Crippen LogP contribution in [0.2, 0.25) is 0 Å². The van der Waals surface area contributed by atoms with Crippen molar-refractivity contribution < 1.29 is 9.84 Å². The van der Waals surface area contributed by atoms with Gasteiger partial charge in [0, 0.05) is 25.3 Å². The summed E-state index contributed by atoms with van der Waals surface area (Å²) < 4.78 is 6.42. The molecule has 1 N–H and O–H groups in total. The van der Waals surface area contributed by atoms with E-state index in [2.05, 4.69) is 18.2 Å². The summed E-state index contributed by atoms with van der Waals surface area (Å²) >= 11 is 5.82. The lowest BCUT2D eigenvalue weighted by molar-refractivity contribution is -0.163. The number of ether oxygens (including phenoxy) is 1. The number of aliphatic hydroxyl groups is 1. The standard InChI is InChI=1S/C24H27ClO2/c25-18-10-11-19-27-23(16-8-3-9-17-23)24(26,22-14-6-2-7-15-22)20-21-12-4-1-5-13-21/h1-9,12-16,26H,10-11,17-20H2. The van der Waals surface area contributed by atoms with Crippen LogP contribution in [0.25, 0.3) is 0 Å². The lowest BCUT2D eigenvalue weighted by Gasteiger charge is -2.46. The topological polar surface area (TPSA) is 29.5 Å². The molecule has 0 aliphatic heterocycles. The predicted molar refractivity (Wildman–Crippen MR) is 112 cm³/mol. The lowest BCUT2D eigenvalue weighted by Crippen LogP contribution is -2.54. The minimum Gasteiger partial charge on any atom is -0.381 e. The van der Waals surface area contributed by atoms with E-state index < -0.39 is 11.2 Å². The fourth-order valence-electron chi connectivity index (χ4n) is 3.69. The molecule has 0 amide bonds. The number of rotatable bonds is 9. The average Bonchev–Trinajstić information content (AvgIpc) is 2.73. The summed E-state index contributed by atoms with van der Waals surface area (Å²) in [5, 5.41) is 12.1. The molecule has 1 aliphatic carbocycles. The summed E-state index contributed by atoms with van der Waals surface area (Å²) in [6, 6.07) is 20.0. The highest BCUT2D eigenvalue weighted by Gasteiger charge is 2.50. The van der Waals surface area contributed by atoms with Gasteiger partial charge in [-0.1, -0.05) is 78.9 Å². The Bertz CT molecular complexity index is 756. The Labute approximate surface area is 167 Å². The first-order valence-electron chi connectivity index (χ1n) is 9.56. The van der Waals surface area contributed by atoms with Gasteiger partial charge in [-0.3, -0.25) is 0 Å². The van der Waals surface area contributed by atoms with Crippen molar-refractivity contribution in [1.82, 2.24) is 0 Å². The smallest absolute Gasteiger partial charge is 0.126 e. The van der Waals surface area contributed by atoms with Crippen LogP contribution in [0.5, 0.6) is 0 Å². The molecule has 2 unspecified atom stereocenters. The van der Waals surface area contributed by atoms with E-state index in [-0.39, 0.29) is 0 Å². The highest BCUT2D eigenvalue weighted by Crippen LogP contribution is 2.44. The van der Waals surface area contributed by atoms with Crippen molar-refractivity contribution in [3.63, 3.8) is 0 Å². The van der Waals surface area contributed by atoms with E-state index in [0.29, 0.717) is 25.3 Å². The number of unbranched alkanes of at least 4 members (excludes halogenated alkanes) is 1. The van der Waals surface area contributed by atoms with E-state index in [4.69, 9.17) is 16.3 Å². The van der Waals surface area contributed by atoms with Gasteiger partial charge in [0.1, 0.15) is 11.2 Å². The number of hydrogen-bond donors (Lipinski definition) is 1. The molecule has 0 aromatic heterocycles. The summed E-state index contributed by atoms with van der Waals surface area (Å²) in [4.78, 5) is 0. The van der Waals surface area contributed by atoms with Crippen LogP contribution in [-0.2, 0) is 16.8 Å². The Kier molecular flexibility index (Phi) is 6.89. The predicted octanol–water partition coefficient (Wildman–Crippen LogP) is 5.41. The van der Waals surface area contributed by atoms with Gasteiger partial charge < -0.3 is 9.84 Å². The molecule has 3 heteroatoms. The van der Waals surface area contributed by atoms with Gasteiger partial charge in [-0.25, -0.2) is 0 Å². The first kappa shape index (κ1) is 19.9. The number of alkyl halides is 1. The van der Waals surface area contributed by atoms with Crippen LogP contribution in [0, 0.1) is 0 Å². The molecule has 2 aromatic rings. The number of halogens is 1. The third-order valence-corrected chi connectivity index (χ3v) is 5.44. The van der Waals surface area contributed by atoms with E-state index >= 15 is 0 Å². The van der Waals surface area contributed by atoms with Gasteiger partial charge in [0.25, 0.3) is 0 Å². The van der Waals surface area contributed by atoms with Crippen LogP contribution >= 0.6 is 11.6 Å².